The van der Waals surface area contributed by atoms with E-state index in [1.165, 1.54) is 22.3 Å². The van der Waals surface area contributed by atoms with Crippen molar-refractivity contribution in [1.29, 1.82) is 5.41 Å². The lowest BCUT2D eigenvalue weighted by Gasteiger charge is -2.20. The number of fused-ring (bicyclic) bond motifs is 1. The number of amides is 1. The highest BCUT2D eigenvalue weighted by atomic mass is 32.2. The molecular formula is C27H30N4O4S. The van der Waals surface area contributed by atoms with E-state index in [9.17, 15) is 4.79 Å². The van der Waals surface area contributed by atoms with Crippen LogP contribution in [0.4, 0.5) is 0 Å². The van der Waals surface area contributed by atoms with Gasteiger partial charge in [0.15, 0.2) is 17.3 Å². The zero-order valence-electron chi connectivity index (χ0n) is 20.9. The van der Waals surface area contributed by atoms with Gasteiger partial charge in [0, 0.05) is 0 Å². The molecule has 4 rings (SSSR count). The van der Waals surface area contributed by atoms with E-state index >= 15 is 0 Å². The Morgan fingerprint density at radius 2 is 1.81 bits per heavy atom. The summed E-state index contributed by atoms with van der Waals surface area (Å²) in [6, 6.07) is 13.5. The molecule has 0 unspecified atom stereocenters. The molecule has 2 heterocycles. The van der Waals surface area contributed by atoms with Crippen LogP contribution in [0.25, 0.3) is 6.08 Å². The fourth-order valence-corrected chi connectivity index (χ4v) is 4.53. The number of para-hydroxylation sites is 1. The van der Waals surface area contributed by atoms with Crippen LogP contribution in [0.1, 0.15) is 51.2 Å². The summed E-state index contributed by atoms with van der Waals surface area (Å²) in [6.45, 7) is 9.26. The Hall–Kier alpha value is -3.59. The van der Waals surface area contributed by atoms with Crippen molar-refractivity contribution in [2.24, 2.45) is 10.1 Å². The molecule has 0 bridgehead atoms. The molecule has 2 aromatic carbocycles. The number of nitrogens with one attached hydrogen (secondary N) is 1. The van der Waals surface area contributed by atoms with Crippen LogP contribution < -0.4 is 14.2 Å². The van der Waals surface area contributed by atoms with E-state index in [2.05, 4.69) is 30.0 Å². The Labute approximate surface area is 215 Å². The van der Waals surface area contributed by atoms with Crippen molar-refractivity contribution in [3.63, 3.8) is 0 Å². The molecule has 0 aliphatic carbocycles. The summed E-state index contributed by atoms with van der Waals surface area (Å²) in [6.07, 6.45) is 2.67. The summed E-state index contributed by atoms with van der Waals surface area (Å²) in [5, 5.41) is 15.2. The average molecular weight is 507 g/mol. The number of aliphatic imine (C=N–C) groups is 1. The number of benzene rings is 2. The fraction of sp³-hybridized carbons (Fsp3) is 0.333. The van der Waals surface area contributed by atoms with Crippen LogP contribution in [0.2, 0.25) is 0 Å². The molecule has 36 heavy (non-hydrogen) atoms. The normalized spacial score (nSPS) is 17.0. The molecule has 2 aliphatic heterocycles. The Kier molecular flexibility index (Phi) is 8.10. The van der Waals surface area contributed by atoms with E-state index in [1.54, 1.807) is 18.2 Å². The van der Waals surface area contributed by atoms with Crippen molar-refractivity contribution in [3.05, 3.63) is 59.2 Å². The SMILES string of the molecule is CCOc1cc(/C=C2/C(=N)N3N=C(C)SC3=NC2=O)ccc1OCCOc1ccccc1[C@H](C)CC. The van der Waals surface area contributed by atoms with Gasteiger partial charge in [-0.3, -0.25) is 10.2 Å². The van der Waals surface area contributed by atoms with Gasteiger partial charge in [0.2, 0.25) is 5.17 Å². The predicted molar refractivity (Wildman–Crippen MR) is 144 cm³/mol. The lowest BCUT2D eigenvalue weighted by molar-refractivity contribution is -0.114. The van der Waals surface area contributed by atoms with Gasteiger partial charge in [0.25, 0.3) is 5.91 Å². The van der Waals surface area contributed by atoms with E-state index in [0.29, 0.717) is 48.0 Å². The predicted octanol–water partition coefficient (Wildman–Crippen LogP) is 5.70. The van der Waals surface area contributed by atoms with E-state index in [4.69, 9.17) is 19.6 Å². The van der Waals surface area contributed by atoms with Crippen molar-refractivity contribution < 1.29 is 19.0 Å². The maximum absolute atomic E-state index is 12.6. The first-order valence-corrected chi connectivity index (χ1v) is 12.8. The number of carbonyl (C=O) groups excluding carboxylic acids is 1. The van der Waals surface area contributed by atoms with Crippen LogP contribution in [-0.4, -0.2) is 46.8 Å². The van der Waals surface area contributed by atoms with Gasteiger partial charge in [-0.25, -0.2) is 0 Å². The second kappa shape index (κ2) is 11.4. The molecule has 0 aromatic heterocycles. The van der Waals surface area contributed by atoms with Crippen molar-refractivity contribution >= 4 is 39.8 Å². The van der Waals surface area contributed by atoms with Gasteiger partial charge in [-0.1, -0.05) is 38.1 Å². The molecule has 1 amide bonds. The first-order valence-electron chi connectivity index (χ1n) is 12.0. The highest BCUT2D eigenvalue weighted by Crippen LogP contribution is 2.32. The molecule has 0 saturated carbocycles. The lowest BCUT2D eigenvalue weighted by Crippen LogP contribution is -2.35. The van der Waals surface area contributed by atoms with Crippen LogP contribution >= 0.6 is 11.8 Å². The molecule has 2 aromatic rings. The van der Waals surface area contributed by atoms with Crippen molar-refractivity contribution in [2.75, 3.05) is 19.8 Å². The number of hydrogen-bond donors (Lipinski definition) is 1. The van der Waals surface area contributed by atoms with E-state index < -0.39 is 5.91 Å². The lowest BCUT2D eigenvalue weighted by atomic mass is 9.98. The smallest absolute Gasteiger partial charge is 0.283 e. The highest BCUT2D eigenvalue weighted by Gasteiger charge is 2.34. The Morgan fingerprint density at radius 1 is 1.06 bits per heavy atom. The topological polar surface area (TPSA) is 96.6 Å². The number of amidine groups is 2. The third-order valence-corrected chi connectivity index (χ3v) is 6.62. The third kappa shape index (κ3) is 5.62. The molecule has 0 spiro atoms. The summed E-state index contributed by atoms with van der Waals surface area (Å²) in [5.41, 5.74) is 2.06. The number of nitrogens with zero attached hydrogens (tertiary/aromatic N) is 3. The van der Waals surface area contributed by atoms with Crippen LogP contribution in [0.3, 0.4) is 0 Å². The number of thioether (sulfide) groups is 1. The van der Waals surface area contributed by atoms with Gasteiger partial charge in [0.1, 0.15) is 19.0 Å². The summed E-state index contributed by atoms with van der Waals surface area (Å²) >= 11 is 1.28. The molecule has 1 atom stereocenters. The first kappa shape index (κ1) is 25.5. The zero-order chi connectivity index (χ0) is 25.7. The molecule has 8 nitrogen and oxygen atoms in total. The minimum Gasteiger partial charge on any atom is -0.490 e. The van der Waals surface area contributed by atoms with Crippen LogP contribution in [0, 0.1) is 5.41 Å². The molecule has 0 radical (unpaired) electrons. The van der Waals surface area contributed by atoms with Crippen LogP contribution in [0.5, 0.6) is 17.2 Å². The third-order valence-electron chi connectivity index (χ3n) is 5.79. The van der Waals surface area contributed by atoms with Gasteiger partial charge in [0.05, 0.1) is 17.2 Å². The number of hydrogen-bond acceptors (Lipinski definition) is 7. The quantitative estimate of drug-likeness (QED) is 0.328. The maximum Gasteiger partial charge on any atom is 0.283 e. The van der Waals surface area contributed by atoms with E-state index in [1.807, 2.05) is 38.1 Å². The Morgan fingerprint density at radius 3 is 2.56 bits per heavy atom. The van der Waals surface area contributed by atoms with Crippen LogP contribution in [0.15, 0.2) is 58.1 Å². The van der Waals surface area contributed by atoms with Gasteiger partial charge >= 0.3 is 0 Å². The molecule has 0 fully saturated rings. The molecule has 0 saturated heterocycles. The Balaban J connectivity index is 1.45. The summed E-state index contributed by atoms with van der Waals surface area (Å²) in [4.78, 5) is 16.6. The van der Waals surface area contributed by atoms with Gasteiger partial charge < -0.3 is 14.2 Å². The van der Waals surface area contributed by atoms with Crippen molar-refractivity contribution in [3.8, 4) is 17.2 Å². The zero-order valence-corrected chi connectivity index (χ0v) is 21.7. The number of ether oxygens (including phenoxy) is 3. The molecular weight excluding hydrogens is 476 g/mol. The number of rotatable bonds is 10. The summed E-state index contributed by atoms with van der Waals surface area (Å²) in [5.74, 6) is 1.97. The average Bonchev–Trinajstić information content (AvgIpc) is 3.25. The minimum atomic E-state index is -0.461. The van der Waals surface area contributed by atoms with E-state index in [-0.39, 0.29) is 11.4 Å². The summed E-state index contributed by atoms with van der Waals surface area (Å²) < 4.78 is 17.8. The second-order valence-corrected chi connectivity index (χ2v) is 9.48. The second-order valence-electron chi connectivity index (χ2n) is 8.32. The maximum atomic E-state index is 12.6. The van der Waals surface area contributed by atoms with Crippen LogP contribution in [-0.2, 0) is 4.79 Å². The molecule has 1 N–H and O–H groups in total. The number of carbonyl (C=O) groups is 1. The standard InChI is InChI=1S/C27H30N4O4S/c1-5-17(3)20-9-7-8-10-22(20)34-13-14-35-23-12-11-19(16-24(23)33-6-2)15-21-25(28)31-27(29-26(21)32)36-18(4)30-31/h7-12,15-17,28H,5-6,13-14H2,1-4H3/b21-15-,28-25?/t17-/m1/s1. The molecule has 2 aliphatic rings. The highest BCUT2D eigenvalue weighted by molar-refractivity contribution is 8.26. The van der Waals surface area contributed by atoms with Gasteiger partial charge in [-0.05, 0) is 73.4 Å². The largest absolute Gasteiger partial charge is 0.490 e. The molecule has 188 valence electrons. The Bertz CT molecular complexity index is 1250. The fourth-order valence-electron chi connectivity index (χ4n) is 3.80. The molecule has 9 heteroatoms. The van der Waals surface area contributed by atoms with Gasteiger partial charge in [-0.15, -0.1) is 0 Å². The first-order chi connectivity index (χ1) is 17.4. The van der Waals surface area contributed by atoms with E-state index in [0.717, 1.165) is 17.2 Å². The summed E-state index contributed by atoms with van der Waals surface area (Å²) in [7, 11) is 0. The van der Waals surface area contributed by atoms with Gasteiger partial charge in [-0.2, -0.15) is 15.1 Å². The monoisotopic (exact) mass is 506 g/mol. The number of hydrazone groups is 1. The minimum absolute atomic E-state index is 0.00228. The van der Waals surface area contributed by atoms with Crippen molar-refractivity contribution in [2.45, 2.75) is 40.0 Å². The van der Waals surface area contributed by atoms with Crippen molar-refractivity contribution in [1.82, 2.24) is 5.01 Å².